The Morgan fingerprint density at radius 3 is 2.68 bits per heavy atom. The maximum absolute atomic E-state index is 6.29. The van der Waals surface area contributed by atoms with Crippen LogP contribution >= 0.6 is 61.7 Å². The molecule has 2 aromatic rings. The summed E-state index contributed by atoms with van der Waals surface area (Å²) in [7, 11) is 0. The quantitative estimate of drug-likeness (QED) is 0.580. The van der Waals surface area contributed by atoms with Gasteiger partial charge in [-0.3, -0.25) is 0 Å². The van der Waals surface area contributed by atoms with Gasteiger partial charge in [0, 0.05) is 14.1 Å². The molecule has 0 aromatic heterocycles. The molecule has 1 unspecified atom stereocenters. The average Bonchev–Trinajstić information content (AvgIpc) is 2.38. The molecule has 0 aliphatic carbocycles. The summed E-state index contributed by atoms with van der Waals surface area (Å²) in [5.74, 6) is 0. The number of hydrogen-bond donors (Lipinski definition) is 1. The number of benzene rings is 2. The van der Waals surface area contributed by atoms with E-state index in [2.05, 4.69) is 38.5 Å². The van der Waals surface area contributed by atoms with Gasteiger partial charge in [0.1, 0.15) is 0 Å². The molecular weight excluding hydrogens is 460 g/mol. The van der Waals surface area contributed by atoms with Gasteiger partial charge in [-0.2, -0.15) is 0 Å². The fraction of sp³-hybridized carbons (Fsp3) is 0.143. The van der Waals surface area contributed by atoms with Gasteiger partial charge in [-0.15, -0.1) is 0 Å². The highest BCUT2D eigenvalue weighted by molar-refractivity contribution is 14.1. The lowest BCUT2D eigenvalue weighted by atomic mass is 10.00. The molecule has 0 spiro atoms. The lowest BCUT2D eigenvalue weighted by Crippen LogP contribution is -2.15. The first-order chi connectivity index (χ1) is 8.99. The largest absolute Gasteiger partial charge is 0.324 e. The van der Waals surface area contributed by atoms with Crippen LogP contribution in [0.2, 0.25) is 10.0 Å². The van der Waals surface area contributed by atoms with Crippen LogP contribution < -0.4 is 5.73 Å². The van der Waals surface area contributed by atoms with E-state index >= 15 is 0 Å². The van der Waals surface area contributed by atoms with Crippen molar-refractivity contribution in [1.29, 1.82) is 0 Å². The SMILES string of the molecule is NC(Cc1cccc(Cl)c1Cl)c1cc(Br)ccc1I. The number of nitrogens with two attached hydrogens (primary N) is 1. The van der Waals surface area contributed by atoms with Crippen molar-refractivity contribution >= 4 is 61.7 Å². The van der Waals surface area contributed by atoms with Gasteiger partial charge in [0.15, 0.2) is 0 Å². The second kappa shape index (κ2) is 6.76. The maximum atomic E-state index is 6.29. The van der Waals surface area contributed by atoms with Crippen molar-refractivity contribution in [3.8, 4) is 0 Å². The summed E-state index contributed by atoms with van der Waals surface area (Å²) in [6.45, 7) is 0. The molecular formula is C14H11BrCl2IN. The van der Waals surface area contributed by atoms with Crippen LogP contribution in [0.25, 0.3) is 0 Å². The highest BCUT2D eigenvalue weighted by Crippen LogP contribution is 2.30. The molecule has 0 saturated heterocycles. The number of halogens is 4. The molecule has 0 radical (unpaired) electrons. The Morgan fingerprint density at radius 1 is 1.21 bits per heavy atom. The molecule has 0 aliphatic heterocycles. The lowest BCUT2D eigenvalue weighted by molar-refractivity contribution is 0.717. The van der Waals surface area contributed by atoms with Crippen LogP contribution in [0.15, 0.2) is 40.9 Å². The third-order valence-electron chi connectivity index (χ3n) is 2.83. The van der Waals surface area contributed by atoms with Gasteiger partial charge in [0.2, 0.25) is 0 Å². The van der Waals surface area contributed by atoms with Gasteiger partial charge in [0.05, 0.1) is 10.0 Å². The van der Waals surface area contributed by atoms with Crippen molar-refractivity contribution in [2.24, 2.45) is 5.73 Å². The molecule has 0 bridgehead atoms. The second-order valence-electron chi connectivity index (χ2n) is 4.19. The first-order valence-electron chi connectivity index (χ1n) is 5.62. The van der Waals surface area contributed by atoms with Crippen LogP contribution in [-0.4, -0.2) is 0 Å². The summed E-state index contributed by atoms with van der Waals surface area (Å²) in [6, 6.07) is 11.6. The normalized spacial score (nSPS) is 12.5. The molecule has 0 amide bonds. The van der Waals surface area contributed by atoms with E-state index in [4.69, 9.17) is 28.9 Å². The van der Waals surface area contributed by atoms with Crippen molar-refractivity contribution < 1.29 is 0 Å². The summed E-state index contributed by atoms with van der Waals surface area (Å²) < 4.78 is 2.17. The van der Waals surface area contributed by atoms with Gasteiger partial charge < -0.3 is 5.73 Å². The predicted molar refractivity (Wildman–Crippen MR) is 94.0 cm³/mol. The highest BCUT2D eigenvalue weighted by Gasteiger charge is 2.14. The van der Waals surface area contributed by atoms with Crippen LogP contribution in [0, 0.1) is 3.57 Å². The number of hydrogen-bond acceptors (Lipinski definition) is 1. The zero-order valence-corrected chi connectivity index (χ0v) is 15.1. The second-order valence-corrected chi connectivity index (χ2v) is 7.05. The van der Waals surface area contributed by atoms with Gasteiger partial charge >= 0.3 is 0 Å². The molecule has 0 saturated carbocycles. The van der Waals surface area contributed by atoms with E-state index in [0.717, 1.165) is 19.2 Å². The smallest absolute Gasteiger partial charge is 0.0624 e. The molecule has 2 N–H and O–H groups in total. The fourth-order valence-electron chi connectivity index (χ4n) is 1.85. The van der Waals surface area contributed by atoms with Crippen molar-refractivity contribution in [3.05, 3.63) is 65.6 Å². The Labute approximate surface area is 144 Å². The first-order valence-corrected chi connectivity index (χ1v) is 8.25. The van der Waals surface area contributed by atoms with Crippen LogP contribution in [-0.2, 0) is 6.42 Å². The summed E-state index contributed by atoms with van der Waals surface area (Å²) in [4.78, 5) is 0. The van der Waals surface area contributed by atoms with Crippen molar-refractivity contribution in [1.82, 2.24) is 0 Å². The van der Waals surface area contributed by atoms with Crippen molar-refractivity contribution in [3.63, 3.8) is 0 Å². The Kier molecular flexibility index (Phi) is 5.55. The third-order valence-corrected chi connectivity index (χ3v) is 5.16. The topological polar surface area (TPSA) is 26.0 Å². The van der Waals surface area contributed by atoms with E-state index in [1.807, 2.05) is 30.3 Å². The molecule has 5 heteroatoms. The standard InChI is InChI=1S/C14H11BrCl2IN/c15-9-4-5-12(18)10(7-9)13(19)6-8-2-1-3-11(16)14(8)17/h1-5,7,13H,6,19H2. The first kappa shape index (κ1) is 15.6. The van der Waals surface area contributed by atoms with E-state index in [1.54, 1.807) is 6.07 Å². The lowest BCUT2D eigenvalue weighted by Gasteiger charge is -2.15. The zero-order valence-electron chi connectivity index (χ0n) is 9.84. The maximum Gasteiger partial charge on any atom is 0.0624 e. The Morgan fingerprint density at radius 2 is 1.95 bits per heavy atom. The molecule has 2 rings (SSSR count). The third kappa shape index (κ3) is 3.85. The van der Waals surface area contributed by atoms with Gasteiger partial charge in [-0.1, -0.05) is 51.3 Å². The van der Waals surface area contributed by atoms with Crippen LogP contribution in [0.5, 0.6) is 0 Å². The Hall–Kier alpha value is 0.190. The van der Waals surface area contributed by atoms with Crippen LogP contribution in [0.4, 0.5) is 0 Å². The highest BCUT2D eigenvalue weighted by atomic mass is 127. The molecule has 19 heavy (non-hydrogen) atoms. The van der Waals surface area contributed by atoms with E-state index in [0.29, 0.717) is 16.5 Å². The van der Waals surface area contributed by atoms with E-state index < -0.39 is 0 Å². The summed E-state index contributed by atoms with van der Waals surface area (Å²) in [5, 5.41) is 1.15. The summed E-state index contributed by atoms with van der Waals surface area (Å²) in [6.07, 6.45) is 0.659. The molecule has 0 aliphatic rings. The van der Waals surface area contributed by atoms with Crippen LogP contribution in [0.3, 0.4) is 0 Å². The predicted octanol–water partition coefficient (Wildman–Crippen LogP) is 5.60. The Bertz CT molecular complexity index is 604. The van der Waals surface area contributed by atoms with Crippen LogP contribution in [0.1, 0.15) is 17.2 Å². The van der Waals surface area contributed by atoms with Gasteiger partial charge in [-0.05, 0) is 64.4 Å². The monoisotopic (exact) mass is 469 g/mol. The fourth-order valence-corrected chi connectivity index (χ4v) is 3.36. The molecule has 1 nitrogen and oxygen atoms in total. The Balaban J connectivity index is 2.28. The summed E-state index contributed by atoms with van der Waals surface area (Å²) in [5.41, 5.74) is 8.36. The zero-order chi connectivity index (χ0) is 14.0. The van der Waals surface area contributed by atoms with E-state index in [-0.39, 0.29) is 6.04 Å². The summed E-state index contributed by atoms with van der Waals surface area (Å²) >= 11 is 18.0. The molecule has 100 valence electrons. The number of rotatable bonds is 3. The van der Waals surface area contributed by atoms with Crippen molar-refractivity contribution in [2.45, 2.75) is 12.5 Å². The van der Waals surface area contributed by atoms with Gasteiger partial charge in [0.25, 0.3) is 0 Å². The average molecular weight is 471 g/mol. The van der Waals surface area contributed by atoms with E-state index in [9.17, 15) is 0 Å². The molecule has 1 atom stereocenters. The minimum atomic E-state index is -0.111. The van der Waals surface area contributed by atoms with Crippen molar-refractivity contribution in [2.75, 3.05) is 0 Å². The molecule has 2 aromatic carbocycles. The minimum Gasteiger partial charge on any atom is -0.324 e. The molecule has 0 fully saturated rings. The molecule has 0 heterocycles. The van der Waals surface area contributed by atoms with Gasteiger partial charge in [-0.25, -0.2) is 0 Å². The minimum absolute atomic E-state index is 0.111. The van der Waals surface area contributed by atoms with E-state index in [1.165, 1.54) is 0 Å².